The molecule has 4 nitrogen and oxygen atoms in total. The normalized spacial score (nSPS) is 24.0. The molecule has 0 amide bonds. The lowest BCUT2D eigenvalue weighted by molar-refractivity contribution is -0.118. The van der Waals surface area contributed by atoms with Crippen molar-refractivity contribution >= 4 is 17.5 Å². The number of halogens is 2. The van der Waals surface area contributed by atoms with Crippen LogP contribution in [-0.2, 0) is 4.79 Å². The fraction of sp³-hybridized carbons (Fsp3) is 0.227. The molecule has 138 valence electrons. The monoisotopic (exact) mass is 375 g/mol. The maximum Gasteiger partial charge on any atom is 0.176 e. The Labute approximate surface area is 160 Å². The molecule has 28 heavy (non-hydrogen) atoms. The quantitative estimate of drug-likeness (QED) is 0.797. The van der Waals surface area contributed by atoms with Crippen LogP contribution in [0, 0.1) is 39.7 Å². The van der Waals surface area contributed by atoms with Crippen LogP contribution in [0.1, 0.15) is 24.0 Å². The van der Waals surface area contributed by atoms with Crippen LogP contribution in [-0.4, -0.2) is 17.9 Å². The lowest BCUT2D eigenvalue weighted by Crippen LogP contribution is -2.43. The second kappa shape index (κ2) is 6.28. The second-order valence-electron chi connectivity index (χ2n) is 7.04. The summed E-state index contributed by atoms with van der Waals surface area (Å²) in [5, 5.41) is 20.1. The second-order valence-corrected chi connectivity index (χ2v) is 7.04. The van der Waals surface area contributed by atoms with Gasteiger partial charge in [0.25, 0.3) is 0 Å². The average Bonchev–Trinajstić information content (AvgIpc) is 3.01. The molecule has 0 saturated carbocycles. The Balaban J connectivity index is 2.04. The van der Waals surface area contributed by atoms with E-state index in [2.05, 4.69) is 0 Å². The summed E-state index contributed by atoms with van der Waals surface area (Å²) < 4.78 is 28.7. The lowest BCUT2D eigenvalue weighted by Gasteiger charge is -2.35. The minimum Gasteiger partial charge on any atom is -0.351 e. The van der Waals surface area contributed by atoms with Crippen molar-refractivity contribution in [3.05, 3.63) is 71.3 Å². The van der Waals surface area contributed by atoms with Crippen molar-refractivity contribution in [1.29, 1.82) is 10.5 Å². The first-order chi connectivity index (χ1) is 13.5. The fourth-order valence-electron chi connectivity index (χ4n) is 4.49. The van der Waals surface area contributed by atoms with E-state index in [4.69, 9.17) is 0 Å². The van der Waals surface area contributed by atoms with Crippen LogP contribution < -0.4 is 4.90 Å². The van der Waals surface area contributed by atoms with Gasteiger partial charge >= 0.3 is 0 Å². The van der Waals surface area contributed by atoms with Gasteiger partial charge in [0.15, 0.2) is 22.8 Å². The fourth-order valence-corrected chi connectivity index (χ4v) is 4.49. The van der Waals surface area contributed by atoms with Gasteiger partial charge in [-0.3, -0.25) is 4.79 Å². The van der Waals surface area contributed by atoms with E-state index in [1.807, 2.05) is 24.3 Å². The lowest BCUT2D eigenvalue weighted by atomic mass is 9.69. The average molecular weight is 375 g/mol. The number of hydrogen-bond acceptors (Lipinski definition) is 4. The van der Waals surface area contributed by atoms with Crippen LogP contribution in [0.2, 0.25) is 0 Å². The first kappa shape index (κ1) is 17.9. The molecule has 4 rings (SSSR count). The number of hydrogen-bond donors (Lipinski definition) is 0. The number of benzene rings is 2. The van der Waals surface area contributed by atoms with Crippen molar-refractivity contribution in [2.45, 2.75) is 24.9 Å². The first-order valence-electron chi connectivity index (χ1n) is 8.78. The predicted octanol–water partition coefficient (Wildman–Crippen LogP) is 3.96. The molecular formula is C22H15F2N3O. The molecule has 2 aliphatic rings. The molecule has 2 heterocycles. The van der Waals surface area contributed by atoms with Gasteiger partial charge < -0.3 is 4.90 Å². The minimum absolute atomic E-state index is 0.136. The molecule has 0 aromatic heterocycles. The number of carbonyl (C=O) groups is 1. The summed E-state index contributed by atoms with van der Waals surface area (Å²) in [6.07, 6.45) is 3.49. The molecule has 0 bridgehead atoms. The molecule has 2 aromatic carbocycles. The first-order valence-corrected chi connectivity index (χ1v) is 8.78. The summed E-state index contributed by atoms with van der Waals surface area (Å²) in [5.74, 6) is -3.68. The van der Waals surface area contributed by atoms with Gasteiger partial charge in [-0.05, 0) is 30.2 Å². The zero-order valence-corrected chi connectivity index (χ0v) is 14.9. The van der Waals surface area contributed by atoms with Crippen LogP contribution >= 0.6 is 0 Å². The van der Waals surface area contributed by atoms with E-state index in [-0.39, 0.29) is 11.3 Å². The molecule has 0 radical (unpaired) electrons. The van der Waals surface area contributed by atoms with Gasteiger partial charge in [-0.15, -0.1) is 0 Å². The summed E-state index contributed by atoms with van der Waals surface area (Å²) in [5.41, 5.74) is -0.377. The Hall–Kier alpha value is -3.51. The van der Waals surface area contributed by atoms with E-state index < -0.39 is 35.1 Å². The van der Waals surface area contributed by atoms with Crippen LogP contribution in [0.3, 0.4) is 0 Å². The molecule has 0 unspecified atom stereocenters. The van der Waals surface area contributed by atoms with Crippen LogP contribution in [0.25, 0.3) is 6.08 Å². The molecule has 0 spiro atoms. The molecule has 2 aliphatic heterocycles. The van der Waals surface area contributed by atoms with E-state index in [1.165, 1.54) is 19.1 Å². The Bertz CT molecular complexity index is 1080. The van der Waals surface area contributed by atoms with Gasteiger partial charge in [-0.25, -0.2) is 8.78 Å². The van der Waals surface area contributed by atoms with Crippen molar-refractivity contribution in [2.24, 2.45) is 5.41 Å². The van der Waals surface area contributed by atoms with Gasteiger partial charge in [-0.2, -0.15) is 10.5 Å². The number of para-hydroxylation sites is 1. The standard InChI is InChI=1S/C22H15F2N3O/c1-13(28)21-19(15-6-4-7-16(23)20(15)24)22(11-25,12-26)18-10-9-14-5-2-3-8-17(14)27(18)21/h2-10,18-19,21H,1H3/t18-,19-,21-/m1/s1. The van der Waals surface area contributed by atoms with Crippen LogP contribution in [0.15, 0.2) is 48.5 Å². The third-order valence-corrected chi connectivity index (χ3v) is 5.65. The molecule has 3 atom stereocenters. The van der Waals surface area contributed by atoms with Gasteiger partial charge in [0.05, 0.1) is 24.2 Å². The third-order valence-electron chi connectivity index (χ3n) is 5.65. The topological polar surface area (TPSA) is 67.9 Å². The number of rotatable bonds is 2. The molecule has 0 aliphatic carbocycles. The Morgan fingerprint density at radius 3 is 2.50 bits per heavy atom. The van der Waals surface area contributed by atoms with E-state index in [1.54, 1.807) is 29.2 Å². The van der Waals surface area contributed by atoms with Gasteiger partial charge in [0, 0.05) is 11.6 Å². The summed E-state index contributed by atoms with van der Waals surface area (Å²) in [4.78, 5) is 14.4. The van der Waals surface area contributed by atoms with Gasteiger partial charge in [0.2, 0.25) is 0 Å². The van der Waals surface area contributed by atoms with E-state index >= 15 is 0 Å². The SMILES string of the molecule is CC(=O)[C@@H]1[C@@H](c2cccc(F)c2F)C(C#N)(C#N)[C@H]2C=Cc3ccccc3N12. The number of carbonyl (C=O) groups excluding carboxylic acids is 1. The number of fused-ring (bicyclic) bond motifs is 3. The highest BCUT2D eigenvalue weighted by Gasteiger charge is 2.63. The zero-order chi connectivity index (χ0) is 20.1. The van der Waals surface area contributed by atoms with Crippen LogP contribution in [0.5, 0.6) is 0 Å². The Morgan fingerprint density at radius 2 is 1.82 bits per heavy atom. The summed E-state index contributed by atoms with van der Waals surface area (Å²) in [6.45, 7) is 1.34. The largest absolute Gasteiger partial charge is 0.351 e. The Kier molecular flexibility index (Phi) is 4.01. The number of ketones is 1. The highest BCUT2D eigenvalue weighted by atomic mass is 19.2. The number of nitrogens with zero attached hydrogens (tertiary/aromatic N) is 3. The number of nitriles is 2. The molecular weight excluding hydrogens is 360 g/mol. The highest BCUT2D eigenvalue weighted by Crippen LogP contribution is 2.55. The van der Waals surface area contributed by atoms with Crippen molar-refractivity contribution in [2.75, 3.05) is 4.90 Å². The van der Waals surface area contributed by atoms with Gasteiger partial charge in [0.1, 0.15) is 0 Å². The van der Waals surface area contributed by atoms with Crippen molar-refractivity contribution in [1.82, 2.24) is 0 Å². The number of anilines is 1. The smallest absolute Gasteiger partial charge is 0.176 e. The summed E-state index contributed by atoms with van der Waals surface area (Å²) in [7, 11) is 0. The molecule has 0 N–H and O–H groups in total. The number of Topliss-reactive ketones (excluding diaryl/α,β-unsaturated/α-hetero) is 1. The highest BCUT2D eigenvalue weighted by molar-refractivity contribution is 5.91. The predicted molar refractivity (Wildman–Crippen MR) is 99.0 cm³/mol. The Morgan fingerprint density at radius 1 is 1.11 bits per heavy atom. The van der Waals surface area contributed by atoms with E-state index in [0.29, 0.717) is 5.69 Å². The maximum absolute atomic E-state index is 14.7. The summed E-state index contributed by atoms with van der Waals surface area (Å²) in [6, 6.07) is 13.3. The summed E-state index contributed by atoms with van der Waals surface area (Å²) >= 11 is 0. The molecule has 6 heteroatoms. The zero-order valence-electron chi connectivity index (χ0n) is 14.9. The van der Waals surface area contributed by atoms with Gasteiger partial charge in [-0.1, -0.05) is 42.5 Å². The minimum atomic E-state index is -1.75. The maximum atomic E-state index is 14.7. The molecule has 2 aromatic rings. The van der Waals surface area contributed by atoms with E-state index in [0.717, 1.165) is 11.6 Å². The van der Waals surface area contributed by atoms with E-state index in [9.17, 15) is 24.1 Å². The van der Waals surface area contributed by atoms with Crippen molar-refractivity contribution in [3.8, 4) is 12.1 Å². The van der Waals surface area contributed by atoms with Crippen LogP contribution in [0.4, 0.5) is 14.5 Å². The van der Waals surface area contributed by atoms with Crippen molar-refractivity contribution in [3.63, 3.8) is 0 Å². The van der Waals surface area contributed by atoms with Crippen molar-refractivity contribution < 1.29 is 13.6 Å². The molecule has 1 saturated heterocycles. The third kappa shape index (κ3) is 2.21. The molecule has 1 fully saturated rings.